The fraction of sp³-hybridized carbons (Fsp3) is 0.333. The molecule has 0 radical (unpaired) electrons. The lowest BCUT2D eigenvalue weighted by molar-refractivity contribution is -0.125. The largest absolute Gasteiger partial charge is 0.496 e. The first kappa shape index (κ1) is 10.7. The highest BCUT2D eigenvalue weighted by Gasteiger charge is 2.31. The molecular formula is C12H13NO3. The summed E-state index contributed by atoms with van der Waals surface area (Å²) in [6.45, 7) is 1.91. The molecule has 1 saturated heterocycles. The van der Waals surface area contributed by atoms with Crippen molar-refractivity contribution in [3.8, 4) is 5.75 Å². The van der Waals surface area contributed by atoms with Crippen LogP contribution in [0.25, 0.3) is 0 Å². The van der Waals surface area contributed by atoms with Gasteiger partial charge in [-0.2, -0.15) is 0 Å². The van der Waals surface area contributed by atoms with Gasteiger partial charge in [0, 0.05) is 6.42 Å². The second-order valence-electron chi connectivity index (χ2n) is 3.90. The van der Waals surface area contributed by atoms with Crippen molar-refractivity contribution in [2.24, 2.45) is 0 Å². The molecule has 1 aromatic carbocycles. The minimum Gasteiger partial charge on any atom is -0.496 e. The highest BCUT2D eigenvalue weighted by molar-refractivity contribution is 6.06. The van der Waals surface area contributed by atoms with Crippen LogP contribution in [0.4, 0.5) is 0 Å². The van der Waals surface area contributed by atoms with Crippen LogP contribution < -0.4 is 10.1 Å². The van der Waals surface area contributed by atoms with Gasteiger partial charge in [-0.3, -0.25) is 14.9 Å². The lowest BCUT2D eigenvalue weighted by Crippen LogP contribution is -2.21. The third kappa shape index (κ3) is 1.78. The number of aryl methyl sites for hydroxylation is 1. The maximum Gasteiger partial charge on any atom is 0.234 e. The Labute approximate surface area is 93.6 Å². The summed E-state index contributed by atoms with van der Waals surface area (Å²) >= 11 is 0. The molecule has 0 saturated carbocycles. The summed E-state index contributed by atoms with van der Waals surface area (Å²) in [6.07, 6.45) is 0.241. The van der Waals surface area contributed by atoms with E-state index in [1.165, 1.54) is 0 Å². The molecule has 2 rings (SSSR count). The number of amides is 2. The quantitative estimate of drug-likeness (QED) is 0.759. The van der Waals surface area contributed by atoms with E-state index in [-0.39, 0.29) is 24.2 Å². The monoisotopic (exact) mass is 219 g/mol. The topological polar surface area (TPSA) is 55.4 Å². The lowest BCUT2D eigenvalue weighted by Gasteiger charge is -2.10. The smallest absolute Gasteiger partial charge is 0.234 e. The SMILES string of the molecule is COc1ccc(C2CC(=O)NC2=O)cc1C. The number of imide groups is 1. The zero-order valence-corrected chi connectivity index (χ0v) is 9.24. The van der Waals surface area contributed by atoms with Crippen LogP contribution >= 0.6 is 0 Å². The van der Waals surface area contributed by atoms with E-state index in [1.54, 1.807) is 7.11 Å². The summed E-state index contributed by atoms with van der Waals surface area (Å²) in [5.74, 6) is 0.0172. The molecule has 4 nitrogen and oxygen atoms in total. The molecule has 1 fully saturated rings. The highest BCUT2D eigenvalue weighted by Crippen LogP contribution is 2.28. The Kier molecular flexibility index (Phi) is 2.64. The van der Waals surface area contributed by atoms with Crippen LogP contribution in [0.1, 0.15) is 23.5 Å². The number of carbonyl (C=O) groups excluding carboxylic acids is 2. The van der Waals surface area contributed by atoms with Crippen LogP contribution in [-0.2, 0) is 9.59 Å². The van der Waals surface area contributed by atoms with Gasteiger partial charge in [-0.15, -0.1) is 0 Å². The number of hydrogen-bond donors (Lipinski definition) is 1. The number of benzene rings is 1. The number of methoxy groups -OCH3 is 1. The van der Waals surface area contributed by atoms with Crippen molar-refractivity contribution in [3.63, 3.8) is 0 Å². The van der Waals surface area contributed by atoms with Crippen LogP contribution in [-0.4, -0.2) is 18.9 Å². The van der Waals surface area contributed by atoms with E-state index in [9.17, 15) is 9.59 Å². The van der Waals surface area contributed by atoms with Gasteiger partial charge in [0.1, 0.15) is 5.75 Å². The fourth-order valence-electron chi connectivity index (χ4n) is 1.94. The van der Waals surface area contributed by atoms with E-state index in [0.29, 0.717) is 0 Å². The van der Waals surface area contributed by atoms with Crippen LogP contribution in [0.15, 0.2) is 18.2 Å². The van der Waals surface area contributed by atoms with E-state index >= 15 is 0 Å². The lowest BCUT2D eigenvalue weighted by atomic mass is 9.96. The Balaban J connectivity index is 2.31. The Morgan fingerprint density at radius 2 is 2.12 bits per heavy atom. The zero-order valence-electron chi connectivity index (χ0n) is 9.24. The Bertz CT molecular complexity index is 454. The maximum atomic E-state index is 11.5. The predicted octanol–water partition coefficient (Wildman–Crippen LogP) is 1.13. The summed E-state index contributed by atoms with van der Waals surface area (Å²) in [7, 11) is 1.60. The third-order valence-corrected chi connectivity index (χ3v) is 2.79. The average Bonchev–Trinajstić information content (AvgIpc) is 2.58. The first-order valence-electron chi connectivity index (χ1n) is 5.10. The molecule has 0 aliphatic carbocycles. The standard InChI is InChI=1S/C12H13NO3/c1-7-5-8(3-4-10(7)16-2)9-6-11(14)13-12(9)15/h3-5,9H,6H2,1-2H3,(H,13,14,15). The van der Waals surface area contributed by atoms with Crippen molar-refractivity contribution >= 4 is 11.8 Å². The molecule has 1 atom stereocenters. The second kappa shape index (κ2) is 3.96. The van der Waals surface area contributed by atoms with Gasteiger partial charge in [0.05, 0.1) is 13.0 Å². The summed E-state index contributed by atoms with van der Waals surface area (Å²) in [5, 5.41) is 2.30. The number of rotatable bonds is 2. The minimum absolute atomic E-state index is 0.205. The van der Waals surface area contributed by atoms with Crippen molar-refractivity contribution in [1.29, 1.82) is 0 Å². The summed E-state index contributed by atoms with van der Waals surface area (Å²) in [6, 6.07) is 5.54. The third-order valence-electron chi connectivity index (χ3n) is 2.79. The molecule has 0 bridgehead atoms. The fourth-order valence-corrected chi connectivity index (χ4v) is 1.94. The molecule has 0 aromatic heterocycles. The van der Waals surface area contributed by atoms with Crippen LogP contribution in [0.3, 0.4) is 0 Å². The van der Waals surface area contributed by atoms with Crippen molar-refractivity contribution < 1.29 is 14.3 Å². The molecule has 1 aromatic rings. The second-order valence-corrected chi connectivity index (χ2v) is 3.90. The van der Waals surface area contributed by atoms with Crippen LogP contribution in [0.2, 0.25) is 0 Å². The Morgan fingerprint density at radius 1 is 1.38 bits per heavy atom. The Hall–Kier alpha value is -1.84. The highest BCUT2D eigenvalue weighted by atomic mass is 16.5. The molecule has 4 heteroatoms. The number of nitrogens with one attached hydrogen (secondary N) is 1. The molecule has 16 heavy (non-hydrogen) atoms. The molecule has 84 valence electrons. The normalized spacial score (nSPS) is 19.8. The molecule has 0 spiro atoms. The van der Waals surface area contributed by atoms with Gasteiger partial charge in [0.25, 0.3) is 0 Å². The van der Waals surface area contributed by atoms with Gasteiger partial charge in [0.15, 0.2) is 0 Å². The average molecular weight is 219 g/mol. The Morgan fingerprint density at radius 3 is 2.62 bits per heavy atom. The van der Waals surface area contributed by atoms with Crippen LogP contribution in [0, 0.1) is 6.92 Å². The van der Waals surface area contributed by atoms with Gasteiger partial charge >= 0.3 is 0 Å². The van der Waals surface area contributed by atoms with E-state index in [2.05, 4.69) is 5.32 Å². The van der Waals surface area contributed by atoms with Gasteiger partial charge in [-0.1, -0.05) is 12.1 Å². The first-order chi connectivity index (χ1) is 7.61. The number of ether oxygens (including phenoxy) is 1. The van der Waals surface area contributed by atoms with Gasteiger partial charge in [-0.25, -0.2) is 0 Å². The van der Waals surface area contributed by atoms with Gasteiger partial charge < -0.3 is 4.74 Å². The van der Waals surface area contributed by atoms with E-state index < -0.39 is 0 Å². The van der Waals surface area contributed by atoms with Crippen molar-refractivity contribution in [2.75, 3.05) is 7.11 Å². The summed E-state index contributed by atoms with van der Waals surface area (Å²) < 4.78 is 5.14. The maximum absolute atomic E-state index is 11.5. The van der Waals surface area contributed by atoms with E-state index in [1.807, 2.05) is 25.1 Å². The van der Waals surface area contributed by atoms with Gasteiger partial charge in [-0.05, 0) is 24.1 Å². The number of carbonyl (C=O) groups is 2. The zero-order chi connectivity index (χ0) is 11.7. The minimum atomic E-state index is -0.350. The van der Waals surface area contributed by atoms with Crippen LogP contribution in [0.5, 0.6) is 5.75 Å². The van der Waals surface area contributed by atoms with Gasteiger partial charge in [0.2, 0.25) is 11.8 Å². The molecular weight excluding hydrogens is 206 g/mol. The summed E-state index contributed by atoms with van der Waals surface area (Å²) in [4.78, 5) is 22.6. The van der Waals surface area contributed by atoms with Crippen molar-refractivity contribution in [2.45, 2.75) is 19.3 Å². The summed E-state index contributed by atoms with van der Waals surface area (Å²) in [5.41, 5.74) is 1.83. The molecule has 1 aliphatic heterocycles. The molecule has 1 N–H and O–H groups in total. The van der Waals surface area contributed by atoms with E-state index in [0.717, 1.165) is 16.9 Å². The van der Waals surface area contributed by atoms with E-state index in [4.69, 9.17) is 4.74 Å². The predicted molar refractivity (Wildman–Crippen MR) is 58.2 cm³/mol. The molecule has 1 heterocycles. The first-order valence-corrected chi connectivity index (χ1v) is 5.10. The number of hydrogen-bond acceptors (Lipinski definition) is 3. The van der Waals surface area contributed by atoms with Crippen molar-refractivity contribution in [3.05, 3.63) is 29.3 Å². The molecule has 1 unspecified atom stereocenters. The molecule has 2 amide bonds. The van der Waals surface area contributed by atoms with Crippen molar-refractivity contribution in [1.82, 2.24) is 5.32 Å². The molecule has 1 aliphatic rings.